The van der Waals surface area contributed by atoms with Crippen LogP contribution in [0, 0.1) is 17.6 Å². The first kappa shape index (κ1) is 24.9. The minimum atomic E-state index is -0.498. The summed E-state index contributed by atoms with van der Waals surface area (Å²) in [6.07, 6.45) is 0.719. The second-order valence-corrected chi connectivity index (χ2v) is 10.0. The lowest BCUT2D eigenvalue weighted by Crippen LogP contribution is -2.48. The molecule has 2 aromatic carbocycles. The minimum Gasteiger partial charge on any atom is -0.491 e. The third kappa shape index (κ3) is 6.06. The second-order valence-electron chi connectivity index (χ2n) is 9.01. The molecule has 1 aliphatic rings. The Bertz CT molecular complexity index is 1200. The molecule has 1 atom stereocenters. The highest BCUT2D eigenvalue weighted by Gasteiger charge is 2.34. The van der Waals surface area contributed by atoms with Gasteiger partial charge in [0, 0.05) is 29.6 Å². The number of carbonyl (C=O) groups excluding carboxylic acids is 2. The van der Waals surface area contributed by atoms with Gasteiger partial charge in [-0.1, -0.05) is 26.0 Å². The number of nitrogens with zero attached hydrogens (tertiary/aromatic N) is 2. The number of hydrogen-bond acceptors (Lipinski definition) is 4. The van der Waals surface area contributed by atoms with Crippen LogP contribution in [0.25, 0.3) is 0 Å². The Hall–Kier alpha value is -3.26. The van der Waals surface area contributed by atoms with Crippen LogP contribution in [0.3, 0.4) is 0 Å². The summed E-state index contributed by atoms with van der Waals surface area (Å²) < 4.78 is 33.2. The monoisotopic (exact) mass is 498 g/mol. The molecule has 2 amide bonds. The molecule has 0 saturated heterocycles. The van der Waals surface area contributed by atoms with E-state index in [9.17, 15) is 18.4 Å². The zero-order valence-electron chi connectivity index (χ0n) is 19.7. The van der Waals surface area contributed by atoms with Gasteiger partial charge in [-0.05, 0) is 59.7 Å². The van der Waals surface area contributed by atoms with Crippen LogP contribution >= 0.6 is 11.3 Å². The molecule has 184 valence electrons. The molecule has 8 heteroatoms. The molecule has 3 aromatic rings. The Kier molecular flexibility index (Phi) is 7.80. The van der Waals surface area contributed by atoms with E-state index in [1.54, 1.807) is 34.4 Å². The molecule has 0 saturated carbocycles. The number of carbonyl (C=O) groups is 2. The first-order valence-electron chi connectivity index (χ1n) is 11.6. The Labute approximate surface area is 207 Å². The Morgan fingerprint density at radius 1 is 1.11 bits per heavy atom. The number of amides is 2. The number of thiophene rings is 1. The van der Waals surface area contributed by atoms with Crippen LogP contribution in [0.15, 0.2) is 60.0 Å². The molecular formula is C27H28F2N2O3S. The van der Waals surface area contributed by atoms with E-state index in [1.807, 2.05) is 25.3 Å². The maximum absolute atomic E-state index is 13.7. The van der Waals surface area contributed by atoms with E-state index in [0.717, 1.165) is 12.0 Å². The molecule has 0 bridgehead atoms. The molecule has 0 aliphatic carbocycles. The van der Waals surface area contributed by atoms with Gasteiger partial charge in [0.15, 0.2) is 0 Å². The van der Waals surface area contributed by atoms with Gasteiger partial charge >= 0.3 is 0 Å². The molecule has 0 spiro atoms. The van der Waals surface area contributed by atoms with Gasteiger partial charge in [0.2, 0.25) is 5.91 Å². The fourth-order valence-electron chi connectivity index (χ4n) is 4.32. The van der Waals surface area contributed by atoms with E-state index in [0.29, 0.717) is 18.8 Å². The van der Waals surface area contributed by atoms with Crippen LogP contribution in [-0.4, -0.2) is 47.9 Å². The molecule has 0 fully saturated rings. The molecule has 4 rings (SSSR count). The summed E-state index contributed by atoms with van der Waals surface area (Å²) in [5.74, 6) is -0.968. The van der Waals surface area contributed by atoms with E-state index in [-0.39, 0.29) is 42.5 Å². The predicted octanol–water partition coefficient (Wildman–Crippen LogP) is 5.33. The molecule has 0 N–H and O–H groups in total. The molecular weight excluding hydrogens is 470 g/mol. The summed E-state index contributed by atoms with van der Waals surface area (Å²) in [6, 6.07) is 13.1. The highest BCUT2D eigenvalue weighted by atomic mass is 32.1. The van der Waals surface area contributed by atoms with Crippen LogP contribution in [0.5, 0.6) is 5.75 Å². The zero-order chi connectivity index (χ0) is 24.9. The van der Waals surface area contributed by atoms with E-state index in [2.05, 4.69) is 0 Å². The maximum Gasteiger partial charge on any atom is 0.254 e. The largest absolute Gasteiger partial charge is 0.491 e. The number of fused-ring (bicyclic) bond motifs is 1. The van der Waals surface area contributed by atoms with Crippen LogP contribution in [0.2, 0.25) is 0 Å². The van der Waals surface area contributed by atoms with Gasteiger partial charge in [0.25, 0.3) is 5.91 Å². The quantitative estimate of drug-likeness (QED) is 0.422. The summed E-state index contributed by atoms with van der Waals surface area (Å²) in [5.41, 5.74) is 1.22. The molecule has 35 heavy (non-hydrogen) atoms. The molecule has 0 unspecified atom stereocenters. The summed E-state index contributed by atoms with van der Waals surface area (Å²) in [6.45, 7) is 4.83. The average Bonchev–Trinajstić information content (AvgIpc) is 3.30. The van der Waals surface area contributed by atoms with Gasteiger partial charge in [-0.25, -0.2) is 8.78 Å². The smallest absolute Gasteiger partial charge is 0.254 e. The number of rotatable bonds is 8. The Balaban J connectivity index is 1.54. The summed E-state index contributed by atoms with van der Waals surface area (Å²) in [5, 5.41) is 1.99. The zero-order valence-corrected chi connectivity index (χ0v) is 20.6. The van der Waals surface area contributed by atoms with E-state index in [4.69, 9.17) is 4.74 Å². The Morgan fingerprint density at radius 3 is 2.57 bits per heavy atom. The van der Waals surface area contributed by atoms with Crippen molar-refractivity contribution in [3.8, 4) is 5.75 Å². The van der Waals surface area contributed by atoms with Crippen molar-refractivity contribution in [1.29, 1.82) is 0 Å². The standard InChI is InChI=1S/C27H28F2N2O3S/c1-18(2)15-30(27(33)19-5-3-6-20(28)13-19)16-26(32)31-11-9-25-23(10-12-35-25)24(31)17-34-22-8-4-7-21(29)14-22/h3-8,10,12-14,18,24H,9,11,15-17H2,1-2H3/t24-/m0/s1. The molecule has 1 aromatic heterocycles. The highest BCUT2D eigenvalue weighted by molar-refractivity contribution is 7.10. The van der Waals surface area contributed by atoms with E-state index in [1.165, 1.54) is 40.1 Å². The number of halogens is 2. The Morgan fingerprint density at radius 2 is 1.86 bits per heavy atom. The third-order valence-corrected chi connectivity index (χ3v) is 6.89. The number of ether oxygens (including phenoxy) is 1. The SMILES string of the molecule is CC(C)CN(CC(=O)N1CCc2sccc2[C@@H]1COc1cccc(F)c1)C(=O)c1cccc(F)c1. The number of hydrogen-bond donors (Lipinski definition) is 0. The summed E-state index contributed by atoms with van der Waals surface area (Å²) in [4.78, 5) is 31.1. The average molecular weight is 499 g/mol. The van der Waals surface area contributed by atoms with Crippen molar-refractivity contribution in [3.05, 3.63) is 87.6 Å². The van der Waals surface area contributed by atoms with Crippen molar-refractivity contribution in [2.75, 3.05) is 26.2 Å². The van der Waals surface area contributed by atoms with Crippen LogP contribution in [0.4, 0.5) is 8.78 Å². The van der Waals surface area contributed by atoms with E-state index >= 15 is 0 Å². The fourth-order valence-corrected chi connectivity index (χ4v) is 5.25. The van der Waals surface area contributed by atoms with Gasteiger partial charge in [0.05, 0.1) is 6.04 Å². The third-order valence-electron chi connectivity index (χ3n) is 5.89. The van der Waals surface area contributed by atoms with Crippen molar-refractivity contribution in [3.63, 3.8) is 0 Å². The molecule has 0 radical (unpaired) electrons. The van der Waals surface area contributed by atoms with Crippen molar-refractivity contribution >= 4 is 23.2 Å². The van der Waals surface area contributed by atoms with Gasteiger partial charge in [0.1, 0.15) is 30.5 Å². The van der Waals surface area contributed by atoms with Gasteiger partial charge in [-0.15, -0.1) is 11.3 Å². The number of benzene rings is 2. The first-order valence-corrected chi connectivity index (χ1v) is 12.5. The van der Waals surface area contributed by atoms with Crippen molar-refractivity contribution in [2.45, 2.75) is 26.3 Å². The van der Waals surface area contributed by atoms with Crippen molar-refractivity contribution < 1.29 is 23.1 Å². The lowest BCUT2D eigenvalue weighted by molar-refractivity contribution is -0.135. The maximum atomic E-state index is 13.7. The molecule has 2 heterocycles. The predicted molar refractivity (Wildman–Crippen MR) is 132 cm³/mol. The minimum absolute atomic E-state index is 0.122. The first-order chi connectivity index (χ1) is 16.8. The normalized spacial score (nSPS) is 15.1. The van der Waals surface area contributed by atoms with Crippen LogP contribution in [-0.2, 0) is 11.2 Å². The second kappa shape index (κ2) is 11.0. The molecule has 1 aliphatic heterocycles. The lowest BCUT2D eigenvalue weighted by Gasteiger charge is -2.37. The van der Waals surface area contributed by atoms with Gasteiger partial charge in [-0.3, -0.25) is 9.59 Å². The molecule has 5 nitrogen and oxygen atoms in total. The van der Waals surface area contributed by atoms with Crippen LogP contribution < -0.4 is 4.74 Å². The van der Waals surface area contributed by atoms with E-state index < -0.39 is 11.6 Å². The summed E-state index contributed by atoms with van der Waals surface area (Å²) in [7, 11) is 0. The van der Waals surface area contributed by atoms with Gasteiger partial charge in [-0.2, -0.15) is 0 Å². The van der Waals surface area contributed by atoms with Gasteiger partial charge < -0.3 is 14.5 Å². The lowest BCUT2D eigenvalue weighted by atomic mass is 10.00. The van der Waals surface area contributed by atoms with Crippen LogP contribution in [0.1, 0.15) is 40.7 Å². The highest BCUT2D eigenvalue weighted by Crippen LogP contribution is 2.34. The van der Waals surface area contributed by atoms with Crippen molar-refractivity contribution in [1.82, 2.24) is 9.80 Å². The fraction of sp³-hybridized carbons (Fsp3) is 0.333. The van der Waals surface area contributed by atoms with Crippen molar-refractivity contribution in [2.24, 2.45) is 5.92 Å². The summed E-state index contributed by atoms with van der Waals surface area (Å²) >= 11 is 1.64. The topological polar surface area (TPSA) is 49.9 Å².